The monoisotopic (exact) mass is 343 g/mol. The molecule has 1 heterocycles. The zero-order valence-corrected chi connectivity index (χ0v) is 13.8. The first-order valence-electron chi connectivity index (χ1n) is 7.20. The second-order valence-corrected chi connectivity index (χ2v) is 6.24. The van der Waals surface area contributed by atoms with Crippen LogP contribution in [0.2, 0.25) is 0 Å². The fourth-order valence-corrected chi connectivity index (χ4v) is 3.37. The molecular weight excluding hydrogens is 321 g/mol. The van der Waals surface area contributed by atoms with E-state index >= 15 is 0 Å². The highest BCUT2D eigenvalue weighted by molar-refractivity contribution is 9.10. The summed E-state index contributed by atoms with van der Waals surface area (Å²) in [5, 5.41) is 0. The van der Waals surface area contributed by atoms with Gasteiger partial charge < -0.3 is 15.5 Å². The Balaban J connectivity index is 2.35. The molecule has 0 aromatic heterocycles. The predicted molar refractivity (Wildman–Crippen MR) is 85.5 cm³/mol. The number of rotatable bonds is 3. The van der Waals surface area contributed by atoms with E-state index in [1.807, 2.05) is 12.1 Å². The van der Waals surface area contributed by atoms with Gasteiger partial charge in [-0.1, -0.05) is 13.0 Å². The SMILES string of the molecule is CCC1CN(C)CCCN1c1ccc(CN)c(Br)c1F. The van der Waals surface area contributed by atoms with Crippen LogP contribution in [0.5, 0.6) is 0 Å². The molecule has 0 amide bonds. The van der Waals surface area contributed by atoms with Gasteiger partial charge in [0.05, 0.1) is 10.2 Å². The van der Waals surface area contributed by atoms with Crippen LogP contribution in [0.25, 0.3) is 0 Å². The third kappa shape index (κ3) is 3.15. The fraction of sp³-hybridized carbons (Fsp3) is 0.600. The average molecular weight is 344 g/mol. The van der Waals surface area contributed by atoms with Crippen molar-refractivity contribution in [3.8, 4) is 0 Å². The van der Waals surface area contributed by atoms with Crippen LogP contribution in [0.4, 0.5) is 10.1 Å². The number of nitrogens with zero attached hydrogens (tertiary/aromatic N) is 2. The maximum atomic E-state index is 14.6. The summed E-state index contributed by atoms with van der Waals surface area (Å²) < 4.78 is 15.1. The summed E-state index contributed by atoms with van der Waals surface area (Å²) in [5.74, 6) is -0.184. The van der Waals surface area contributed by atoms with E-state index in [2.05, 4.69) is 39.7 Å². The molecule has 1 atom stereocenters. The van der Waals surface area contributed by atoms with E-state index < -0.39 is 0 Å². The molecular formula is C15H23BrFN3. The molecule has 0 aliphatic carbocycles. The molecule has 1 aliphatic rings. The molecule has 1 aromatic carbocycles. The smallest absolute Gasteiger partial charge is 0.160 e. The van der Waals surface area contributed by atoms with Crippen molar-refractivity contribution in [3.05, 3.63) is 28.0 Å². The third-order valence-electron chi connectivity index (χ3n) is 4.04. The minimum absolute atomic E-state index is 0.184. The average Bonchev–Trinajstić information content (AvgIpc) is 2.63. The number of anilines is 1. The molecule has 1 fully saturated rings. The van der Waals surface area contributed by atoms with Crippen molar-refractivity contribution < 1.29 is 4.39 Å². The predicted octanol–water partition coefficient (Wildman–Crippen LogP) is 2.97. The molecule has 20 heavy (non-hydrogen) atoms. The van der Waals surface area contributed by atoms with Gasteiger partial charge in [0.1, 0.15) is 0 Å². The van der Waals surface area contributed by atoms with Crippen LogP contribution in [-0.4, -0.2) is 37.6 Å². The van der Waals surface area contributed by atoms with Gasteiger partial charge in [-0.3, -0.25) is 0 Å². The van der Waals surface area contributed by atoms with Crippen molar-refractivity contribution in [2.75, 3.05) is 31.6 Å². The molecule has 0 bridgehead atoms. The summed E-state index contributed by atoms with van der Waals surface area (Å²) in [4.78, 5) is 4.54. The van der Waals surface area contributed by atoms with Gasteiger partial charge in [-0.2, -0.15) is 0 Å². The second-order valence-electron chi connectivity index (χ2n) is 5.45. The van der Waals surface area contributed by atoms with E-state index in [0.29, 0.717) is 22.7 Å². The molecule has 0 radical (unpaired) electrons. The molecule has 2 rings (SSSR count). The zero-order valence-electron chi connectivity index (χ0n) is 12.2. The summed E-state index contributed by atoms with van der Waals surface area (Å²) in [5.41, 5.74) is 7.13. The molecule has 2 N–H and O–H groups in total. The van der Waals surface area contributed by atoms with Crippen LogP contribution < -0.4 is 10.6 Å². The Bertz CT molecular complexity index is 467. The zero-order chi connectivity index (χ0) is 14.7. The summed E-state index contributed by atoms with van der Waals surface area (Å²) in [6.45, 7) is 5.45. The van der Waals surface area contributed by atoms with Crippen LogP contribution in [0.3, 0.4) is 0 Å². The number of likely N-dealkylation sites (N-methyl/N-ethyl adjacent to an activating group) is 1. The largest absolute Gasteiger partial charge is 0.365 e. The van der Waals surface area contributed by atoms with Crippen molar-refractivity contribution in [1.29, 1.82) is 0 Å². The van der Waals surface area contributed by atoms with Crippen LogP contribution in [0.15, 0.2) is 16.6 Å². The summed E-state index contributed by atoms with van der Waals surface area (Å²) >= 11 is 3.34. The van der Waals surface area contributed by atoms with Crippen LogP contribution in [0, 0.1) is 5.82 Å². The highest BCUT2D eigenvalue weighted by atomic mass is 79.9. The quantitative estimate of drug-likeness (QED) is 0.915. The molecule has 0 saturated carbocycles. The van der Waals surface area contributed by atoms with E-state index in [1.54, 1.807) is 0 Å². The van der Waals surface area contributed by atoms with Gasteiger partial charge in [0.15, 0.2) is 5.82 Å². The summed E-state index contributed by atoms with van der Waals surface area (Å²) in [6.07, 6.45) is 2.07. The Morgan fingerprint density at radius 3 is 2.80 bits per heavy atom. The Hall–Kier alpha value is -0.650. The Morgan fingerprint density at radius 1 is 1.40 bits per heavy atom. The summed E-state index contributed by atoms with van der Waals surface area (Å²) in [6, 6.07) is 4.15. The van der Waals surface area contributed by atoms with Gasteiger partial charge in [-0.25, -0.2) is 4.39 Å². The maximum absolute atomic E-state index is 14.6. The number of hydrogen-bond donors (Lipinski definition) is 1. The first-order valence-corrected chi connectivity index (χ1v) is 7.99. The molecule has 0 spiro atoms. The lowest BCUT2D eigenvalue weighted by Gasteiger charge is -2.33. The van der Waals surface area contributed by atoms with E-state index in [9.17, 15) is 4.39 Å². The van der Waals surface area contributed by atoms with Crippen LogP contribution >= 0.6 is 15.9 Å². The van der Waals surface area contributed by atoms with Crippen molar-refractivity contribution in [2.24, 2.45) is 5.73 Å². The van der Waals surface area contributed by atoms with E-state index in [1.165, 1.54) is 0 Å². The van der Waals surface area contributed by atoms with Gasteiger partial charge in [0.2, 0.25) is 0 Å². The van der Waals surface area contributed by atoms with Gasteiger partial charge in [0.25, 0.3) is 0 Å². The minimum Gasteiger partial charge on any atom is -0.365 e. The molecule has 112 valence electrons. The Kier molecular flexibility index (Phi) is 5.41. The normalized spacial score (nSPS) is 21.1. The standard InChI is InChI=1S/C15H23BrFN3/c1-3-12-10-19(2)7-4-8-20(12)13-6-5-11(9-18)14(16)15(13)17/h5-6,12H,3-4,7-10,18H2,1-2H3. The lowest BCUT2D eigenvalue weighted by atomic mass is 10.1. The number of halogens is 2. The van der Waals surface area contributed by atoms with Crippen LogP contribution in [-0.2, 0) is 6.54 Å². The first kappa shape index (κ1) is 15.7. The van der Waals surface area contributed by atoms with Gasteiger partial charge in [-0.15, -0.1) is 0 Å². The van der Waals surface area contributed by atoms with Crippen LogP contribution in [0.1, 0.15) is 25.3 Å². The second kappa shape index (κ2) is 6.87. The first-order chi connectivity index (χ1) is 9.58. The molecule has 1 aromatic rings. The highest BCUT2D eigenvalue weighted by Crippen LogP contribution is 2.31. The third-order valence-corrected chi connectivity index (χ3v) is 4.90. The van der Waals surface area contributed by atoms with Crippen molar-refractivity contribution >= 4 is 21.6 Å². The maximum Gasteiger partial charge on any atom is 0.160 e. The lowest BCUT2D eigenvalue weighted by Crippen LogP contribution is -2.40. The molecule has 3 nitrogen and oxygen atoms in total. The number of nitrogens with two attached hydrogens (primary N) is 1. The van der Waals surface area contributed by atoms with Gasteiger partial charge in [0, 0.05) is 25.7 Å². The van der Waals surface area contributed by atoms with Gasteiger partial charge in [-0.05, 0) is 54.0 Å². The number of hydrogen-bond acceptors (Lipinski definition) is 3. The number of benzene rings is 1. The van der Waals surface area contributed by atoms with Gasteiger partial charge >= 0.3 is 0 Å². The van der Waals surface area contributed by atoms with Crippen molar-refractivity contribution in [2.45, 2.75) is 32.4 Å². The minimum atomic E-state index is -0.184. The molecule has 1 aliphatic heterocycles. The molecule has 1 unspecified atom stereocenters. The highest BCUT2D eigenvalue weighted by Gasteiger charge is 2.25. The summed E-state index contributed by atoms with van der Waals surface area (Å²) in [7, 11) is 2.13. The molecule has 5 heteroatoms. The lowest BCUT2D eigenvalue weighted by molar-refractivity contribution is 0.327. The van der Waals surface area contributed by atoms with E-state index in [0.717, 1.165) is 38.0 Å². The van der Waals surface area contributed by atoms with E-state index in [-0.39, 0.29) is 5.82 Å². The Labute approximate surface area is 129 Å². The Morgan fingerprint density at radius 2 is 2.15 bits per heavy atom. The van der Waals surface area contributed by atoms with E-state index in [4.69, 9.17) is 5.73 Å². The molecule has 1 saturated heterocycles. The van der Waals surface area contributed by atoms with Crippen molar-refractivity contribution in [3.63, 3.8) is 0 Å². The topological polar surface area (TPSA) is 32.5 Å². The fourth-order valence-electron chi connectivity index (χ4n) is 2.87. The van der Waals surface area contributed by atoms with Crippen molar-refractivity contribution in [1.82, 2.24) is 4.90 Å².